The van der Waals surface area contributed by atoms with Gasteiger partial charge in [0.1, 0.15) is 0 Å². The van der Waals surface area contributed by atoms with E-state index in [4.69, 9.17) is 9.26 Å². The molecule has 2 heterocycles. The second kappa shape index (κ2) is 6.71. The van der Waals surface area contributed by atoms with Crippen LogP contribution in [0.15, 0.2) is 10.9 Å². The third-order valence-corrected chi connectivity index (χ3v) is 3.16. The van der Waals surface area contributed by atoms with Gasteiger partial charge < -0.3 is 14.6 Å². The quantitative estimate of drug-likeness (QED) is 0.816. The van der Waals surface area contributed by atoms with Gasteiger partial charge in [-0.3, -0.25) is 0 Å². The molecule has 1 aromatic heterocycles. The van der Waals surface area contributed by atoms with E-state index in [2.05, 4.69) is 22.4 Å². The Morgan fingerprint density at radius 2 is 2.47 bits per heavy atom. The zero-order valence-electron chi connectivity index (χ0n) is 10.4. The summed E-state index contributed by atoms with van der Waals surface area (Å²) in [5.41, 5.74) is 0. The number of ether oxygens (including phenoxy) is 1. The summed E-state index contributed by atoms with van der Waals surface area (Å²) >= 11 is 0. The maximum absolute atomic E-state index is 5.72. The Morgan fingerprint density at radius 1 is 1.53 bits per heavy atom. The van der Waals surface area contributed by atoms with E-state index in [0.717, 1.165) is 32.4 Å². The largest absolute Gasteiger partial charge is 0.378 e. The van der Waals surface area contributed by atoms with Crippen molar-refractivity contribution in [1.82, 2.24) is 15.5 Å². The average Bonchev–Trinajstić information content (AvgIpc) is 2.83. The molecule has 17 heavy (non-hydrogen) atoms. The minimum absolute atomic E-state index is 0.439. The van der Waals surface area contributed by atoms with Crippen LogP contribution in [-0.2, 0) is 11.2 Å². The highest BCUT2D eigenvalue weighted by Crippen LogP contribution is 2.17. The fourth-order valence-electron chi connectivity index (χ4n) is 2.28. The summed E-state index contributed by atoms with van der Waals surface area (Å²) < 4.78 is 10.7. The molecule has 0 amide bonds. The van der Waals surface area contributed by atoms with Crippen LogP contribution in [0.25, 0.3) is 0 Å². The van der Waals surface area contributed by atoms with Crippen molar-refractivity contribution in [3.8, 4) is 0 Å². The standard InChI is InChI=1S/C12H21N3O2/c1-2-3-11-8-10(5-7-16-11)13-6-4-12-14-9-15-17-12/h9-11,13H,2-8H2,1H3. The van der Waals surface area contributed by atoms with Crippen LogP contribution < -0.4 is 5.32 Å². The predicted octanol–water partition coefficient (Wildman–Crippen LogP) is 1.55. The smallest absolute Gasteiger partial charge is 0.227 e. The number of aromatic nitrogens is 2. The topological polar surface area (TPSA) is 60.2 Å². The van der Waals surface area contributed by atoms with Crippen molar-refractivity contribution in [1.29, 1.82) is 0 Å². The highest BCUT2D eigenvalue weighted by Gasteiger charge is 2.21. The van der Waals surface area contributed by atoms with E-state index in [1.165, 1.54) is 19.2 Å². The van der Waals surface area contributed by atoms with Crippen LogP contribution in [0.5, 0.6) is 0 Å². The number of nitrogens with zero attached hydrogens (tertiary/aromatic N) is 2. The van der Waals surface area contributed by atoms with Gasteiger partial charge in [-0.25, -0.2) is 0 Å². The lowest BCUT2D eigenvalue weighted by molar-refractivity contribution is -0.00306. The van der Waals surface area contributed by atoms with E-state index < -0.39 is 0 Å². The molecule has 0 radical (unpaired) electrons. The monoisotopic (exact) mass is 239 g/mol. The Labute approximate surface area is 102 Å². The molecule has 1 fully saturated rings. The first-order valence-electron chi connectivity index (χ1n) is 6.49. The second-order valence-electron chi connectivity index (χ2n) is 4.54. The summed E-state index contributed by atoms with van der Waals surface area (Å²) in [6, 6.07) is 0.572. The van der Waals surface area contributed by atoms with E-state index in [0.29, 0.717) is 18.0 Å². The fourth-order valence-corrected chi connectivity index (χ4v) is 2.28. The van der Waals surface area contributed by atoms with Gasteiger partial charge >= 0.3 is 0 Å². The van der Waals surface area contributed by atoms with Gasteiger partial charge in [-0.05, 0) is 19.3 Å². The first-order chi connectivity index (χ1) is 8.38. The molecule has 0 aromatic carbocycles. The average molecular weight is 239 g/mol. The molecule has 5 heteroatoms. The minimum Gasteiger partial charge on any atom is -0.378 e. The SMILES string of the molecule is CCCC1CC(NCCc2ncno2)CCO1. The van der Waals surface area contributed by atoms with Gasteiger partial charge in [0.15, 0.2) is 6.33 Å². The molecule has 1 aromatic rings. The normalized spacial score (nSPS) is 25.0. The molecular weight excluding hydrogens is 218 g/mol. The van der Waals surface area contributed by atoms with Gasteiger partial charge in [-0.15, -0.1) is 0 Å². The summed E-state index contributed by atoms with van der Waals surface area (Å²) in [6.45, 7) is 3.98. The zero-order valence-corrected chi connectivity index (χ0v) is 10.4. The third kappa shape index (κ3) is 4.09. The Morgan fingerprint density at radius 3 is 3.24 bits per heavy atom. The summed E-state index contributed by atoms with van der Waals surface area (Å²) in [4.78, 5) is 4.00. The highest BCUT2D eigenvalue weighted by atomic mass is 16.5. The maximum atomic E-state index is 5.72. The molecule has 96 valence electrons. The van der Waals surface area contributed by atoms with Crippen molar-refractivity contribution in [3.05, 3.63) is 12.2 Å². The molecule has 1 N–H and O–H groups in total. The predicted molar refractivity (Wildman–Crippen MR) is 63.7 cm³/mol. The lowest BCUT2D eigenvalue weighted by Crippen LogP contribution is -2.39. The molecule has 2 unspecified atom stereocenters. The number of hydrogen-bond acceptors (Lipinski definition) is 5. The molecule has 2 atom stereocenters. The van der Waals surface area contributed by atoms with Gasteiger partial charge in [-0.2, -0.15) is 4.98 Å². The lowest BCUT2D eigenvalue weighted by Gasteiger charge is -2.30. The van der Waals surface area contributed by atoms with Crippen LogP contribution in [0.2, 0.25) is 0 Å². The van der Waals surface area contributed by atoms with E-state index >= 15 is 0 Å². The van der Waals surface area contributed by atoms with Gasteiger partial charge in [-0.1, -0.05) is 18.5 Å². The fraction of sp³-hybridized carbons (Fsp3) is 0.833. The van der Waals surface area contributed by atoms with E-state index in [1.807, 2.05) is 0 Å². The van der Waals surface area contributed by atoms with Crippen LogP contribution in [0.1, 0.15) is 38.5 Å². The first-order valence-corrected chi connectivity index (χ1v) is 6.49. The van der Waals surface area contributed by atoms with E-state index in [-0.39, 0.29) is 0 Å². The number of nitrogens with one attached hydrogen (secondary N) is 1. The van der Waals surface area contributed by atoms with E-state index in [9.17, 15) is 0 Å². The van der Waals surface area contributed by atoms with Crippen molar-refractivity contribution in [2.24, 2.45) is 0 Å². The van der Waals surface area contributed by atoms with Crippen molar-refractivity contribution < 1.29 is 9.26 Å². The van der Waals surface area contributed by atoms with Crippen LogP contribution in [0.3, 0.4) is 0 Å². The molecule has 0 spiro atoms. The van der Waals surface area contributed by atoms with Gasteiger partial charge in [0, 0.05) is 25.6 Å². The minimum atomic E-state index is 0.439. The van der Waals surface area contributed by atoms with Crippen molar-refractivity contribution >= 4 is 0 Å². The van der Waals surface area contributed by atoms with Gasteiger partial charge in [0.25, 0.3) is 0 Å². The number of hydrogen-bond donors (Lipinski definition) is 1. The molecule has 0 bridgehead atoms. The molecule has 5 nitrogen and oxygen atoms in total. The van der Waals surface area contributed by atoms with E-state index in [1.54, 1.807) is 0 Å². The lowest BCUT2D eigenvalue weighted by atomic mass is 10.00. The highest BCUT2D eigenvalue weighted by molar-refractivity contribution is 4.80. The van der Waals surface area contributed by atoms with Crippen LogP contribution in [-0.4, -0.2) is 35.4 Å². The maximum Gasteiger partial charge on any atom is 0.227 e. The van der Waals surface area contributed by atoms with Crippen molar-refractivity contribution in [3.63, 3.8) is 0 Å². The van der Waals surface area contributed by atoms with Gasteiger partial charge in [0.2, 0.25) is 5.89 Å². The molecule has 1 aliphatic rings. The number of rotatable bonds is 6. The summed E-state index contributed by atoms with van der Waals surface area (Å²) in [6.07, 6.45) is 7.27. The zero-order chi connectivity index (χ0) is 11.9. The van der Waals surface area contributed by atoms with Crippen LogP contribution in [0.4, 0.5) is 0 Å². The summed E-state index contributed by atoms with van der Waals surface area (Å²) in [7, 11) is 0. The Balaban J connectivity index is 1.65. The Bertz CT molecular complexity index is 301. The van der Waals surface area contributed by atoms with Crippen LogP contribution in [0, 0.1) is 0 Å². The Kier molecular flexibility index (Phi) is 4.94. The molecule has 0 aliphatic carbocycles. The Hall–Kier alpha value is -0.940. The molecule has 0 saturated carbocycles. The molecule has 1 aliphatic heterocycles. The van der Waals surface area contributed by atoms with Crippen molar-refractivity contribution in [2.75, 3.05) is 13.2 Å². The second-order valence-corrected chi connectivity index (χ2v) is 4.54. The summed E-state index contributed by atoms with van der Waals surface area (Å²) in [5, 5.41) is 7.13. The molecule has 2 rings (SSSR count). The van der Waals surface area contributed by atoms with Gasteiger partial charge in [0.05, 0.1) is 6.10 Å². The van der Waals surface area contributed by atoms with Crippen LogP contribution >= 0.6 is 0 Å². The molecule has 1 saturated heterocycles. The summed E-state index contributed by atoms with van der Waals surface area (Å²) in [5.74, 6) is 0.703. The molecular formula is C12H21N3O2. The first kappa shape index (κ1) is 12.5. The van der Waals surface area contributed by atoms with Crippen molar-refractivity contribution in [2.45, 2.75) is 51.2 Å². The third-order valence-electron chi connectivity index (χ3n) is 3.16.